The van der Waals surface area contributed by atoms with Gasteiger partial charge in [0, 0.05) is 0 Å². The number of nitrogens with two attached hydrogens (primary N) is 1. The summed E-state index contributed by atoms with van der Waals surface area (Å²) in [6, 6.07) is -4.16. The van der Waals surface area contributed by atoms with Crippen LogP contribution in [0.1, 0.15) is 41.0 Å². The second-order valence-electron chi connectivity index (χ2n) is 9.07. The van der Waals surface area contributed by atoms with Crippen molar-refractivity contribution in [3.8, 4) is 0 Å². The molecule has 13 heteroatoms. The fourth-order valence-electron chi connectivity index (χ4n) is 3.14. The summed E-state index contributed by atoms with van der Waals surface area (Å²) in [5.74, 6) is -5.58. The molecule has 0 radical (unpaired) electrons. The molecule has 0 aromatic rings. The third kappa shape index (κ3) is 7.72. The quantitative estimate of drug-likeness (QED) is 0.0959. The normalized spacial score (nSPS) is 22.5. The number of primary amides is 1. The molecule has 0 saturated carbocycles. The second kappa shape index (κ2) is 12.2. The average molecular weight is 489 g/mol. The maximum atomic E-state index is 12.9. The molecule has 1 heterocycles. The zero-order valence-electron chi connectivity index (χ0n) is 20.0. The average Bonchev–Trinajstić information content (AvgIpc) is 3.54. The third-order valence-corrected chi connectivity index (χ3v) is 5.48. The van der Waals surface area contributed by atoms with Crippen LogP contribution in [0.3, 0.4) is 0 Å². The number of hydrogen-bond acceptors (Lipinski definition) is 9. The molecule has 194 valence electrons. The number of aliphatic hydroxyl groups excluding tert-OH is 3. The molecule has 13 nitrogen and oxygen atoms in total. The highest BCUT2D eigenvalue weighted by Gasteiger charge is 2.54. The second-order valence-corrected chi connectivity index (χ2v) is 9.07. The number of amides is 4. The SMILES string of the molecule is CC(C)CC(NC(=O)[C@@H](NC(=O)[C@@H](NC(=O)[C@@H](C)C(N)=O)C(C)O)C(C)O)C(=O)C1(CO)CO1. The number of ketones is 1. The van der Waals surface area contributed by atoms with Gasteiger partial charge in [-0.3, -0.25) is 24.0 Å². The summed E-state index contributed by atoms with van der Waals surface area (Å²) < 4.78 is 5.08. The van der Waals surface area contributed by atoms with Gasteiger partial charge in [0.1, 0.15) is 18.0 Å². The molecule has 7 atom stereocenters. The Labute approximate surface area is 197 Å². The molecule has 1 saturated heterocycles. The first-order valence-electron chi connectivity index (χ1n) is 11.0. The smallest absolute Gasteiger partial charge is 0.245 e. The topological polar surface area (TPSA) is 221 Å². The summed E-state index contributed by atoms with van der Waals surface area (Å²) in [4.78, 5) is 61.8. The monoisotopic (exact) mass is 488 g/mol. The van der Waals surface area contributed by atoms with Gasteiger partial charge in [-0.1, -0.05) is 13.8 Å². The summed E-state index contributed by atoms with van der Waals surface area (Å²) in [5.41, 5.74) is 3.69. The van der Waals surface area contributed by atoms with Crippen molar-refractivity contribution in [2.24, 2.45) is 17.6 Å². The van der Waals surface area contributed by atoms with E-state index >= 15 is 0 Å². The highest BCUT2D eigenvalue weighted by Crippen LogP contribution is 2.30. The number of rotatable bonds is 14. The molecule has 4 amide bonds. The van der Waals surface area contributed by atoms with E-state index in [9.17, 15) is 39.3 Å². The molecular weight excluding hydrogens is 452 g/mol. The van der Waals surface area contributed by atoms with E-state index in [1.54, 1.807) is 0 Å². The number of carbonyl (C=O) groups is 5. The van der Waals surface area contributed by atoms with E-state index in [4.69, 9.17) is 10.5 Å². The van der Waals surface area contributed by atoms with Crippen molar-refractivity contribution in [1.29, 1.82) is 0 Å². The van der Waals surface area contributed by atoms with Gasteiger partial charge >= 0.3 is 0 Å². The van der Waals surface area contributed by atoms with Crippen molar-refractivity contribution in [1.82, 2.24) is 16.0 Å². The molecule has 1 aliphatic heterocycles. The number of epoxide rings is 1. The molecule has 0 spiro atoms. The first-order valence-corrected chi connectivity index (χ1v) is 11.0. The third-order valence-electron chi connectivity index (χ3n) is 5.48. The highest BCUT2D eigenvalue weighted by molar-refractivity contribution is 6.02. The Bertz CT molecular complexity index is 780. The van der Waals surface area contributed by atoms with Crippen LogP contribution in [-0.4, -0.2) is 93.9 Å². The fraction of sp³-hybridized carbons (Fsp3) is 0.762. The van der Waals surface area contributed by atoms with Gasteiger partial charge in [-0.05, 0) is 33.1 Å². The van der Waals surface area contributed by atoms with Gasteiger partial charge in [-0.25, -0.2) is 0 Å². The van der Waals surface area contributed by atoms with E-state index in [1.165, 1.54) is 20.8 Å². The van der Waals surface area contributed by atoms with Crippen molar-refractivity contribution < 1.29 is 44.0 Å². The lowest BCUT2D eigenvalue weighted by Gasteiger charge is -2.28. The van der Waals surface area contributed by atoms with Crippen molar-refractivity contribution in [2.45, 2.75) is 77.0 Å². The first kappa shape index (κ1) is 29.4. The number of hydrogen-bond donors (Lipinski definition) is 7. The van der Waals surface area contributed by atoms with E-state index in [1.807, 2.05) is 13.8 Å². The standard InChI is InChI=1S/C21H36N4O9/c1-9(2)6-13(16(29)21(7-26)8-34-21)23-19(32)14(11(4)27)25-20(33)15(12(5)28)24-18(31)10(3)17(22)30/h9-15,26-28H,6-8H2,1-5H3,(H2,22,30)(H,23,32)(H,24,31)(H,25,33)/t10-,11?,12?,13?,14-,15-,21?/m0/s1. The Morgan fingerprint density at radius 3 is 1.68 bits per heavy atom. The molecule has 1 fully saturated rings. The molecule has 34 heavy (non-hydrogen) atoms. The molecule has 1 rings (SSSR count). The summed E-state index contributed by atoms with van der Waals surface area (Å²) >= 11 is 0. The number of aliphatic hydroxyl groups is 3. The van der Waals surface area contributed by atoms with Gasteiger partial charge in [0.05, 0.1) is 31.5 Å². The number of nitrogens with one attached hydrogen (secondary N) is 3. The van der Waals surface area contributed by atoms with Gasteiger partial charge in [0.25, 0.3) is 0 Å². The van der Waals surface area contributed by atoms with Crippen LogP contribution in [0.4, 0.5) is 0 Å². The molecule has 8 N–H and O–H groups in total. The molecular formula is C21H36N4O9. The number of ether oxygens (including phenoxy) is 1. The largest absolute Gasteiger partial charge is 0.393 e. The molecule has 0 aliphatic carbocycles. The van der Waals surface area contributed by atoms with Crippen LogP contribution in [0, 0.1) is 11.8 Å². The summed E-state index contributed by atoms with van der Waals surface area (Å²) in [6.07, 6.45) is -2.63. The van der Waals surface area contributed by atoms with Crippen molar-refractivity contribution >= 4 is 29.4 Å². The maximum absolute atomic E-state index is 12.9. The molecule has 1 aliphatic rings. The van der Waals surface area contributed by atoms with Gasteiger partial charge in [0.2, 0.25) is 23.6 Å². The lowest BCUT2D eigenvalue weighted by Crippen LogP contribution is -2.62. The molecule has 0 aromatic heterocycles. The number of carbonyl (C=O) groups excluding carboxylic acids is 5. The lowest BCUT2D eigenvalue weighted by atomic mass is 9.92. The minimum Gasteiger partial charge on any atom is -0.393 e. The molecule has 0 bridgehead atoms. The zero-order chi connectivity index (χ0) is 26.4. The number of Topliss-reactive ketones (excluding diaryl/α,β-unsaturated/α-hetero) is 1. The Morgan fingerprint density at radius 2 is 1.32 bits per heavy atom. The van der Waals surface area contributed by atoms with Gasteiger partial charge < -0.3 is 41.7 Å². The van der Waals surface area contributed by atoms with E-state index in [-0.39, 0.29) is 18.9 Å². The van der Waals surface area contributed by atoms with Gasteiger partial charge in [-0.2, -0.15) is 0 Å². The summed E-state index contributed by atoms with van der Waals surface area (Å²) in [6.45, 7) is 6.77. The molecule has 4 unspecified atom stereocenters. The van der Waals surface area contributed by atoms with Crippen LogP contribution < -0.4 is 21.7 Å². The van der Waals surface area contributed by atoms with E-state index in [0.717, 1.165) is 0 Å². The Balaban J connectivity index is 3.00. The molecule has 0 aromatic carbocycles. The van der Waals surface area contributed by atoms with Gasteiger partial charge in [0.15, 0.2) is 11.4 Å². The lowest BCUT2D eigenvalue weighted by molar-refractivity contribution is -0.139. The van der Waals surface area contributed by atoms with Crippen molar-refractivity contribution in [2.75, 3.05) is 13.2 Å². The van der Waals surface area contributed by atoms with Crippen LogP contribution >= 0.6 is 0 Å². The van der Waals surface area contributed by atoms with Crippen molar-refractivity contribution in [3.63, 3.8) is 0 Å². The zero-order valence-corrected chi connectivity index (χ0v) is 20.0. The van der Waals surface area contributed by atoms with Crippen LogP contribution in [0.25, 0.3) is 0 Å². The first-order chi connectivity index (χ1) is 15.7. The predicted octanol–water partition coefficient (Wildman–Crippen LogP) is -3.30. The van der Waals surface area contributed by atoms with E-state index in [0.29, 0.717) is 0 Å². The summed E-state index contributed by atoms with van der Waals surface area (Å²) in [5, 5.41) is 36.5. The Kier molecular flexibility index (Phi) is 10.6. The minimum absolute atomic E-state index is 0.0167. The Hall–Kier alpha value is -2.61. The minimum atomic E-state index is -1.56. The summed E-state index contributed by atoms with van der Waals surface area (Å²) in [7, 11) is 0. The predicted molar refractivity (Wildman–Crippen MR) is 118 cm³/mol. The van der Waals surface area contributed by atoms with Crippen molar-refractivity contribution in [3.05, 3.63) is 0 Å². The van der Waals surface area contributed by atoms with E-state index in [2.05, 4.69) is 16.0 Å². The van der Waals surface area contributed by atoms with Gasteiger partial charge in [-0.15, -0.1) is 0 Å². The van der Waals surface area contributed by atoms with Crippen LogP contribution in [0.2, 0.25) is 0 Å². The van der Waals surface area contributed by atoms with Crippen LogP contribution in [0.5, 0.6) is 0 Å². The van der Waals surface area contributed by atoms with Crippen LogP contribution in [0.15, 0.2) is 0 Å². The maximum Gasteiger partial charge on any atom is 0.245 e. The van der Waals surface area contributed by atoms with Crippen LogP contribution in [-0.2, 0) is 28.7 Å². The Morgan fingerprint density at radius 1 is 0.882 bits per heavy atom. The highest BCUT2D eigenvalue weighted by atomic mass is 16.6. The van der Waals surface area contributed by atoms with E-state index < -0.39 is 77.9 Å². The fourth-order valence-corrected chi connectivity index (χ4v) is 3.14.